The number of nitrogens with one attached hydrogen (secondary N) is 1. The van der Waals surface area contributed by atoms with Crippen LogP contribution in [0.3, 0.4) is 0 Å². The molecule has 5 nitrogen and oxygen atoms in total. The summed E-state index contributed by atoms with van der Waals surface area (Å²) in [6, 6.07) is 0.159. The zero-order chi connectivity index (χ0) is 8.85. The molecule has 0 saturated heterocycles. The first kappa shape index (κ1) is 10.2. The minimum atomic E-state index is 0.0231. The summed E-state index contributed by atoms with van der Waals surface area (Å²) in [7, 11) is 1.83. The zero-order valence-corrected chi connectivity index (χ0v) is 7.04. The van der Waals surface area contributed by atoms with E-state index in [4.69, 9.17) is 17.2 Å². The molecule has 0 aliphatic carbocycles. The molecule has 66 valence electrons. The average Bonchev–Trinajstić information content (AvgIpc) is 1.88. The molecule has 0 radical (unpaired) electrons. The Bertz CT molecular complexity index is 125. The molecule has 0 aliphatic heterocycles. The van der Waals surface area contributed by atoms with Crippen molar-refractivity contribution in [2.75, 3.05) is 13.6 Å². The van der Waals surface area contributed by atoms with E-state index < -0.39 is 0 Å². The maximum absolute atomic E-state index is 5.45. The number of nitrogens with zero attached hydrogens (tertiary/aromatic N) is 1. The minimum absolute atomic E-state index is 0.0231. The van der Waals surface area contributed by atoms with Gasteiger partial charge in [0.1, 0.15) is 0 Å². The van der Waals surface area contributed by atoms with Crippen LogP contribution in [0.4, 0.5) is 0 Å². The van der Waals surface area contributed by atoms with Crippen molar-refractivity contribution >= 4 is 5.96 Å². The first-order valence-electron chi connectivity index (χ1n) is 3.58. The van der Waals surface area contributed by atoms with Gasteiger partial charge in [0.15, 0.2) is 5.96 Å². The number of aliphatic imine (C=N–C) groups is 1. The Morgan fingerprint density at radius 2 is 2.09 bits per heavy atom. The number of rotatable bonds is 4. The zero-order valence-electron chi connectivity index (χ0n) is 7.04. The van der Waals surface area contributed by atoms with Gasteiger partial charge in [0.05, 0.1) is 6.04 Å². The van der Waals surface area contributed by atoms with Crippen LogP contribution in [0, 0.1) is 0 Å². The van der Waals surface area contributed by atoms with Crippen LogP contribution in [0.5, 0.6) is 0 Å². The van der Waals surface area contributed by atoms with Crippen molar-refractivity contribution in [1.82, 2.24) is 5.32 Å². The predicted octanol–water partition coefficient (Wildman–Crippen LogP) is -1.80. The molecule has 0 aromatic heterocycles. The van der Waals surface area contributed by atoms with E-state index in [-0.39, 0.29) is 18.0 Å². The van der Waals surface area contributed by atoms with Crippen molar-refractivity contribution in [3.05, 3.63) is 0 Å². The fourth-order valence-electron chi connectivity index (χ4n) is 0.881. The summed E-state index contributed by atoms with van der Waals surface area (Å²) >= 11 is 0. The summed E-state index contributed by atoms with van der Waals surface area (Å²) in [5.41, 5.74) is 15.8. The van der Waals surface area contributed by atoms with Crippen molar-refractivity contribution < 1.29 is 0 Å². The van der Waals surface area contributed by atoms with Gasteiger partial charge < -0.3 is 22.5 Å². The van der Waals surface area contributed by atoms with Crippen LogP contribution in [0.2, 0.25) is 0 Å². The highest BCUT2D eigenvalue weighted by Gasteiger charge is 2.11. The van der Waals surface area contributed by atoms with Crippen molar-refractivity contribution in [2.24, 2.45) is 22.2 Å². The van der Waals surface area contributed by atoms with Crippen LogP contribution < -0.4 is 22.5 Å². The van der Waals surface area contributed by atoms with E-state index in [1.807, 2.05) is 14.0 Å². The highest BCUT2D eigenvalue weighted by atomic mass is 15.0. The van der Waals surface area contributed by atoms with Crippen LogP contribution in [-0.4, -0.2) is 31.6 Å². The lowest BCUT2D eigenvalue weighted by Gasteiger charge is -2.17. The van der Waals surface area contributed by atoms with Gasteiger partial charge >= 0.3 is 0 Å². The highest BCUT2D eigenvalue weighted by Crippen LogP contribution is 1.94. The SMILES string of the molecule is CNC(CN)C(C)N=C(N)N. The third-order valence-corrected chi connectivity index (χ3v) is 1.56. The lowest BCUT2D eigenvalue weighted by atomic mass is 10.1. The highest BCUT2D eigenvalue weighted by molar-refractivity contribution is 5.75. The number of guanidine groups is 1. The molecule has 0 heterocycles. The molecule has 0 rings (SSSR count). The van der Waals surface area contributed by atoms with Gasteiger partial charge in [-0.2, -0.15) is 0 Å². The number of hydrogen-bond donors (Lipinski definition) is 4. The van der Waals surface area contributed by atoms with Crippen LogP contribution in [0.1, 0.15) is 6.92 Å². The normalized spacial score (nSPS) is 15.5. The molecule has 0 aromatic carbocycles. The second kappa shape index (κ2) is 4.92. The Labute approximate surface area is 67.0 Å². The Balaban J connectivity index is 3.98. The first-order valence-corrected chi connectivity index (χ1v) is 3.58. The summed E-state index contributed by atoms with van der Waals surface area (Å²) in [5.74, 6) is 0.103. The summed E-state index contributed by atoms with van der Waals surface area (Å²) in [6.45, 7) is 2.43. The lowest BCUT2D eigenvalue weighted by molar-refractivity contribution is 0.492. The molecule has 0 bridgehead atoms. The van der Waals surface area contributed by atoms with Gasteiger partial charge in [-0.3, -0.25) is 0 Å². The predicted molar refractivity (Wildman–Crippen MR) is 47.2 cm³/mol. The largest absolute Gasteiger partial charge is 0.370 e. The molecule has 0 aromatic rings. The molecular formula is C6H17N5. The fourth-order valence-corrected chi connectivity index (χ4v) is 0.881. The van der Waals surface area contributed by atoms with Crippen LogP contribution in [-0.2, 0) is 0 Å². The van der Waals surface area contributed by atoms with E-state index in [1.165, 1.54) is 0 Å². The molecule has 2 atom stereocenters. The van der Waals surface area contributed by atoms with Gasteiger partial charge in [0, 0.05) is 12.6 Å². The molecule has 2 unspecified atom stereocenters. The van der Waals surface area contributed by atoms with Gasteiger partial charge in [-0.25, -0.2) is 4.99 Å². The van der Waals surface area contributed by atoms with E-state index >= 15 is 0 Å². The van der Waals surface area contributed by atoms with E-state index in [1.54, 1.807) is 0 Å². The van der Waals surface area contributed by atoms with Crippen molar-refractivity contribution in [3.63, 3.8) is 0 Å². The third kappa shape index (κ3) is 3.79. The van der Waals surface area contributed by atoms with Crippen LogP contribution in [0.15, 0.2) is 4.99 Å². The second-order valence-corrected chi connectivity index (χ2v) is 2.43. The molecule has 0 fully saturated rings. The maximum atomic E-state index is 5.45. The summed E-state index contributed by atoms with van der Waals surface area (Å²) in [6.07, 6.45) is 0. The van der Waals surface area contributed by atoms with E-state index in [0.29, 0.717) is 6.54 Å². The van der Waals surface area contributed by atoms with Crippen molar-refractivity contribution in [2.45, 2.75) is 19.0 Å². The molecule has 5 heteroatoms. The summed E-state index contributed by atoms with van der Waals surface area (Å²) in [5, 5.41) is 3.01. The van der Waals surface area contributed by atoms with Gasteiger partial charge in [-0.15, -0.1) is 0 Å². The minimum Gasteiger partial charge on any atom is -0.370 e. The Morgan fingerprint density at radius 3 is 2.36 bits per heavy atom. The number of likely N-dealkylation sites (N-methyl/N-ethyl adjacent to an activating group) is 1. The van der Waals surface area contributed by atoms with Crippen molar-refractivity contribution in [1.29, 1.82) is 0 Å². The first-order chi connectivity index (χ1) is 5.11. The monoisotopic (exact) mass is 159 g/mol. The van der Waals surface area contributed by atoms with E-state index in [2.05, 4.69) is 10.3 Å². The Kier molecular flexibility index (Phi) is 4.56. The van der Waals surface area contributed by atoms with Gasteiger partial charge in [0.25, 0.3) is 0 Å². The summed E-state index contributed by atoms with van der Waals surface area (Å²) < 4.78 is 0. The molecule has 7 N–H and O–H groups in total. The molecule has 0 spiro atoms. The topological polar surface area (TPSA) is 102 Å². The Hall–Kier alpha value is -0.810. The molecular weight excluding hydrogens is 142 g/mol. The van der Waals surface area contributed by atoms with E-state index in [9.17, 15) is 0 Å². The Morgan fingerprint density at radius 1 is 1.55 bits per heavy atom. The summed E-state index contributed by atoms with van der Waals surface area (Å²) in [4.78, 5) is 3.95. The molecule has 0 amide bonds. The average molecular weight is 159 g/mol. The van der Waals surface area contributed by atoms with Gasteiger partial charge in [-0.1, -0.05) is 0 Å². The van der Waals surface area contributed by atoms with Crippen LogP contribution >= 0.6 is 0 Å². The smallest absolute Gasteiger partial charge is 0.186 e. The maximum Gasteiger partial charge on any atom is 0.186 e. The second-order valence-electron chi connectivity index (χ2n) is 2.43. The third-order valence-electron chi connectivity index (χ3n) is 1.56. The standard InChI is InChI=1S/C6H17N5/c1-4(11-6(8)9)5(3-7)10-2/h4-5,10H,3,7H2,1-2H3,(H4,8,9,11). The van der Waals surface area contributed by atoms with Crippen LogP contribution in [0.25, 0.3) is 0 Å². The fraction of sp³-hybridized carbons (Fsp3) is 0.833. The molecule has 0 aliphatic rings. The quantitative estimate of drug-likeness (QED) is 0.287. The number of hydrogen-bond acceptors (Lipinski definition) is 3. The molecule has 0 saturated carbocycles. The lowest BCUT2D eigenvalue weighted by Crippen LogP contribution is -2.42. The van der Waals surface area contributed by atoms with Gasteiger partial charge in [-0.05, 0) is 14.0 Å². The van der Waals surface area contributed by atoms with Crippen molar-refractivity contribution in [3.8, 4) is 0 Å². The number of nitrogens with two attached hydrogens (primary N) is 3. The van der Waals surface area contributed by atoms with Gasteiger partial charge in [0.2, 0.25) is 0 Å². The molecule has 11 heavy (non-hydrogen) atoms. The van der Waals surface area contributed by atoms with E-state index in [0.717, 1.165) is 0 Å².